The van der Waals surface area contributed by atoms with Crippen molar-refractivity contribution in [1.82, 2.24) is 25.1 Å². The lowest BCUT2D eigenvalue weighted by atomic mass is 10.0. The van der Waals surface area contributed by atoms with E-state index in [9.17, 15) is 4.79 Å². The summed E-state index contributed by atoms with van der Waals surface area (Å²) in [5.74, 6) is 0.855. The van der Waals surface area contributed by atoms with E-state index in [1.807, 2.05) is 37.5 Å². The highest BCUT2D eigenvalue weighted by Gasteiger charge is 2.29. The van der Waals surface area contributed by atoms with Gasteiger partial charge in [0.1, 0.15) is 5.82 Å². The van der Waals surface area contributed by atoms with Crippen molar-refractivity contribution in [3.05, 3.63) is 60.0 Å². The monoisotopic (exact) mass is 459 g/mol. The van der Waals surface area contributed by atoms with E-state index in [0.29, 0.717) is 17.3 Å². The molecule has 0 saturated carbocycles. The van der Waals surface area contributed by atoms with E-state index in [1.54, 1.807) is 23.6 Å². The number of nitrogens with one attached hydrogen (secondary N) is 1. The van der Waals surface area contributed by atoms with E-state index in [2.05, 4.69) is 55.4 Å². The van der Waals surface area contributed by atoms with Gasteiger partial charge < -0.3 is 15.1 Å². The molecule has 0 atom stereocenters. The predicted octanol–water partition coefficient (Wildman–Crippen LogP) is 3.37. The Morgan fingerprint density at radius 3 is 2.76 bits per heavy atom. The second kappa shape index (κ2) is 8.84. The largest absolute Gasteiger partial charge is 0.365 e. The number of hydrogen-bond donors (Lipinski definition) is 1. The molecule has 1 fully saturated rings. The molecule has 0 amide bonds. The lowest BCUT2D eigenvalue weighted by Crippen LogP contribution is -2.57. The molecule has 1 saturated heterocycles. The molecule has 4 heterocycles. The second-order valence-corrected chi connectivity index (χ2v) is 9.44. The topological polar surface area (TPSA) is 87.1 Å². The van der Waals surface area contributed by atoms with Gasteiger partial charge in [-0.1, -0.05) is 17.4 Å². The Hall–Kier alpha value is -3.43. The fourth-order valence-corrected chi connectivity index (χ4v) is 4.62. The Morgan fingerprint density at radius 2 is 2.00 bits per heavy atom. The van der Waals surface area contributed by atoms with Crippen molar-refractivity contribution in [1.29, 1.82) is 0 Å². The quantitative estimate of drug-likeness (QED) is 0.421. The number of pyridine rings is 1. The van der Waals surface area contributed by atoms with Crippen molar-refractivity contribution in [2.24, 2.45) is 0 Å². The number of likely N-dealkylation sites (N-methyl/N-ethyl adjacent to an activating group) is 1. The minimum Gasteiger partial charge on any atom is -0.365 e. The minimum absolute atomic E-state index is 0.00857. The van der Waals surface area contributed by atoms with Gasteiger partial charge in [0.15, 0.2) is 10.9 Å². The van der Waals surface area contributed by atoms with Crippen LogP contribution in [0.1, 0.15) is 16.1 Å². The van der Waals surface area contributed by atoms with Crippen LogP contribution in [0.15, 0.2) is 48.8 Å². The molecule has 33 heavy (non-hydrogen) atoms. The molecule has 0 bridgehead atoms. The van der Waals surface area contributed by atoms with Crippen molar-refractivity contribution in [2.45, 2.75) is 12.5 Å². The Balaban J connectivity index is 1.33. The lowest BCUT2D eigenvalue weighted by Gasteiger charge is -2.43. The average molecular weight is 460 g/mol. The number of anilines is 2. The number of carbonyl (C=O) groups is 1. The third-order valence-corrected chi connectivity index (χ3v) is 7.03. The van der Waals surface area contributed by atoms with Crippen LogP contribution in [0.4, 0.5) is 10.9 Å². The van der Waals surface area contributed by atoms with Crippen LogP contribution in [0.25, 0.3) is 21.3 Å². The molecule has 4 aromatic rings. The number of aromatic nitrogens is 4. The summed E-state index contributed by atoms with van der Waals surface area (Å²) in [5, 5.41) is 13.5. The first-order valence-electron chi connectivity index (χ1n) is 10.8. The van der Waals surface area contributed by atoms with Crippen molar-refractivity contribution < 1.29 is 4.79 Å². The summed E-state index contributed by atoms with van der Waals surface area (Å²) in [6, 6.07) is 12.2. The standard InChI is InChI=1S/C24H25N7OS/c1-25-24-27-12-22(33-24)16-4-5-20-17(8-16)9-18(28-29-20)11-21(32)15-6-7-26-23(10-15)31-13-19(14-31)30(2)3/h4-10,12,19H,11,13-14H2,1-3H3,(H,25,27). The predicted molar refractivity (Wildman–Crippen MR) is 132 cm³/mol. The Bertz CT molecular complexity index is 1310. The van der Waals surface area contributed by atoms with Crippen LogP contribution in [0.2, 0.25) is 0 Å². The van der Waals surface area contributed by atoms with Crippen LogP contribution in [0.5, 0.6) is 0 Å². The zero-order chi connectivity index (χ0) is 22.9. The molecule has 0 unspecified atom stereocenters. The van der Waals surface area contributed by atoms with Gasteiger partial charge in [-0.15, -0.1) is 0 Å². The van der Waals surface area contributed by atoms with Crippen LogP contribution in [-0.4, -0.2) is 71.1 Å². The van der Waals surface area contributed by atoms with E-state index in [4.69, 9.17) is 0 Å². The first kappa shape index (κ1) is 21.4. The van der Waals surface area contributed by atoms with E-state index >= 15 is 0 Å². The average Bonchev–Trinajstić information content (AvgIpc) is 3.27. The van der Waals surface area contributed by atoms with Crippen molar-refractivity contribution in [3.63, 3.8) is 0 Å². The normalized spacial score (nSPS) is 14.0. The number of rotatable bonds is 7. The van der Waals surface area contributed by atoms with E-state index in [0.717, 1.165) is 45.4 Å². The molecule has 168 valence electrons. The zero-order valence-electron chi connectivity index (χ0n) is 18.8. The Morgan fingerprint density at radius 1 is 1.15 bits per heavy atom. The minimum atomic E-state index is 0.00857. The van der Waals surface area contributed by atoms with Gasteiger partial charge in [0.2, 0.25) is 0 Å². The number of hydrogen-bond acceptors (Lipinski definition) is 9. The fraction of sp³-hybridized carbons (Fsp3) is 0.292. The molecule has 0 radical (unpaired) electrons. The van der Waals surface area contributed by atoms with Gasteiger partial charge in [-0.25, -0.2) is 9.97 Å². The van der Waals surface area contributed by atoms with Crippen LogP contribution < -0.4 is 10.2 Å². The van der Waals surface area contributed by atoms with Gasteiger partial charge in [-0.05, 0) is 50.0 Å². The molecule has 1 aromatic carbocycles. The van der Waals surface area contributed by atoms with E-state index in [-0.39, 0.29) is 12.2 Å². The molecule has 9 heteroatoms. The summed E-state index contributed by atoms with van der Waals surface area (Å²) in [4.78, 5) is 27.3. The van der Waals surface area contributed by atoms with Gasteiger partial charge in [-0.3, -0.25) is 4.79 Å². The van der Waals surface area contributed by atoms with Crippen LogP contribution in [-0.2, 0) is 6.42 Å². The highest BCUT2D eigenvalue weighted by molar-refractivity contribution is 7.18. The fourth-order valence-electron chi connectivity index (χ4n) is 3.85. The molecule has 5 rings (SSSR count). The molecule has 8 nitrogen and oxygen atoms in total. The van der Waals surface area contributed by atoms with Crippen LogP contribution in [0, 0.1) is 0 Å². The number of benzene rings is 1. The number of carbonyl (C=O) groups excluding carboxylic acids is 1. The molecular formula is C24H25N7OS. The number of nitrogens with zero attached hydrogens (tertiary/aromatic N) is 6. The second-order valence-electron chi connectivity index (χ2n) is 8.41. The van der Waals surface area contributed by atoms with Crippen molar-refractivity contribution in [3.8, 4) is 10.4 Å². The number of fused-ring (bicyclic) bond motifs is 1. The van der Waals surface area contributed by atoms with Gasteiger partial charge in [0.25, 0.3) is 0 Å². The summed E-state index contributed by atoms with van der Waals surface area (Å²) in [6.45, 7) is 1.84. The Kier molecular flexibility index (Phi) is 5.74. The van der Waals surface area contributed by atoms with Gasteiger partial charge in [0.05, 0.1) is 22.5 Å². The van der Waals surface area contributed by atoms with Crippen molar-refractivity contribution >= 4 is 39.0 Å². The van der Waals surface area contributed by atoms with Crippen LogP contribution >= 0.6 is 11.3 Å². The first-order chi connectivity index (χ1) is 16.0. The SMILES string of the molecule is CNc1ncc(-c2ccc3nnc(CC(=O)c4ccnc(N5CC(N(C)C)C5)c4)cc3c2)s1. The summed E-state index contributed by atoms with van der Waals surface area (Å²) in [5.41, 5.74) is 3.16. The van der Waals surface area contributed by atoms with E-state index in [1.165, 1.54) is 0 Å². The number of thiazole rings is 1. The van der Waals surface area contributed by atoms with Crippen LogP contribution in [0.3, 0.4) is 0 Å². The lowest BCUT2D eigenvalue weighted by molar-refractivity contribution is 0.0991. The summed E-state index contributed by atoms with van der Waals surface area (Å²) in [7, 11) is 6.03. The highest BCUT2D eigenvalue weighted by Crippen LogP contribution is 2.30. The molecule has 0 spiro atoms. The molecule has 1 aliphatic rings. The smallest absolute Gasteiger partial charge is 0.182 e. The summed E-state index contributed by atoms with van der Waals surface area (Å²) < 4.78 is 0. The van der Waals surface area contributed by atoms with Crippen molar-refractivity contribution in [2.75, 3.05) is 44.4 Å². The summed E-state index contributed by atoms with van der Waals surface area (Å²) >= 11 is 1.59. The van der Waals surface area contributed by atoms with Gasteiger partial charge in [0, 0.05) is 49.5 Å². The first-order valence-corrected chi connectivity index (χ1v) is 11.6. The maximum Gasteiger partial charge on any atom is 0.182 e. The van der Waals surface area contributed by atoms with Gasteiger partial charge in [-0.2, -0.15) is 10.2 Å². The Labute approximate surface area is 196 Å². The maximum absolute atomic E-state index is 13.0. The maximum atomic E-state index is 13.0. The molecular weight excluding hydrogens is 434 g/mol. The molecule has 1 aliphatic heterocycles. The number of Topliss-reactive ketones (excluding diaryl/α,β-unsaturated/α-hetero) is 1. The van der Waals surface area contributed by atoms with Gasteiger partial charge >= 0.3 is 0 Å². The molecule has 1 N–H and O–H groups in total. The number of ketones is 1. The zero-order valence-corrected chi connectivity index (χ0v) is 19.6. The molecule has 0 aliphatic carbocycles. The highest BCUT2D eigenvalue weighted by atomic mass is 32.1. The third-order valence-electron chi connectivity index (χ3n) is 5.97. The summed E-state index contributed by atoms with van der Waals surface area (Å²) in [6.07, 6.45) is 3.76. The third kappa shape index (κ3) is 4.42. The molecule has 3 aromatic heterocycles. The van der Waals surface area contributed by atoms with E-state index < -0.39 is 0 Å².